The minimum absolute atomic E-state index is 0.941. The first kappa shape index (κ1) is 18.2. The van der Waals surface area contributed by atoms with E-state index in [2.05, 4.69) is 63.2 Å². The van der Waals surface area contributed by atoms with E-state index in [0.29, 0.717) is 0 Å². The van der Waals surface area contributed by atoms with Crippen molar-refractivity contribution in [2.45, 2.75) is 20.3 Å². The van der Waals surface area contributed by atoms with E-state index in [0.717, 1.165) is 35.8 Å². The average Bonchev–Trinajstić information content (AvgIpc) is 2.95. The van der Waals surface area contributed by atoms with Gasteiger partial charge in [-0.2, -0.15) is 5.10 Å². The van der Waals surface area contributed by atoms with E-state index in [1.165, 1.54) is 16.7 Å². The SMILES string of the molecule is COc1ccc(-c2c(C)c(C)nn2-c2ccccc2)cc1CCN(C)C. The van der Waals surface area contributed by atoms with Crippen molar-refractivity contribution in [1.29, 1.82) is 0 Å². The van der Waals surface area contributed by atoms with Gasteiger partial charge in [0.05, 0.1) is 24.2 Å². The molecule has 0 bridgehead atoms. The summed E-state index contributed by atoms with van der Waals surface area (Å²) in [5, 5.41) is 4.78. The van der Waals surface area contributed by atoms with Crippen LogP contribution in [0.2, 0.25) is 0 Å². The van der Waals surface area contributed by atoms with Crippen LogP contribution in [0.15, 0.2) is 48.5 Å². The third kappa shape index (κ3) is 3.65. The number of hydrogen-bond donors (Lipinski definition) is 0. The highest BCUT2D eigenvalue weighted by atomic mass is 16.5. The molecule has 0 radical (unpaired) electrons. The molecule has 0 amide bonds. The highest BCUT2D eigenvalue weighted by Crippen LogP contribution is 2.32. The first-order valence-corrected chi connectivity index (χ1v) is 8.95. The van der Waals surface area contributed by atoms with Gasteiger partial charge in [0.1, 0.15) is 5.75 Å². The molecule has 26 heavy (non-hydrogen) atoms. The zero-order valence-corrected chi connectivity index (χ0v) is 16.3. The Kier molecular flexibility index (Phi) is 5.43. The number of rotatable bonds is 6. The second-order valence-electron chi connectivity index (χ2n) is 6.89. The van der Waals surface area contributed by atoms with Crippen LogP contribution in [0.25, 0.3) is 16.9 Å². The number of benzene rings is 2. The van der Waals surface area contributed by atoms with E-state index in [1.54, 1.807) is 7.11 Å². The maximum atomic E-state index is 5.58. The number of aromatic nitrogens is 2. The van der Waals surface area contributed by atoms with E-state index in [9.17, 15) is 0 Å². The molecule has 3 rings (SSSR count). The van der Waals surface area contributed by atoms with Gasteiger partial charge in [-0.05, 0) is 75.8 Å². The minimum Gasteiger partial charge on any atom is -0.496 e. The molecule has 0 unspecified atom stereocenters. The topological polar surface area (TPSA) is 30.3 Å². The molecule has 4 heteroatoms. The highest BCUT2D eigenvalue weighted by Gasteiger charge is 2.16. The summed E-state index contributed by atoms with van der Waals surface area (Å²) in [6, 6.07) is 16.7. The molecule has 0 aliphatic rings. The van der Waals surface area contributed by atoms with Gasteiger partial charge in [-0.3, -0.25) is 0 Å². The lowest BCUT2D eigenvalue weighted by Gasteiger charge is -2.15. The molecule has 0 aliphatic heterocycles. The fourth-order valence-electron chi connectivity index (χ4n) is 3.17. The van der Waals surface area contributed by atoms with Crippen LogP contribution in [0.4, 0.5) is 0 Å². The molecule has 0 aliphatic carbocycles. The standard InChI is InChI=1S/C22H27N3O/c1-16-17(2)23-25(20-9-7-6-8-10-20)22(16)19-11-12-21(26-5)18(15-19)13-14-24(3)4/h6-12,15H,13-14H2,1-5H3. The van der Waals surface area contributed by atoms with Gasteiger partial charge in [-0.25, -0.2) is 4.68 Å². The largest absolute Gasteiger partial charge is 0.496 e. The van der Waals surface area contributed by atoms with Gasteiger partial charge in [-0.1, -0.05) is 18.2 Å². The van der Waals surface area contributed by atoms with E-state index in [-0.39, 0.29) is 0 Å². The van der Waals surface area contributed by atoms with E-state index in [1.807, 2.05) is 22.9 Å². The molecule has 1 heterocycles. The Hall–Kier alpha value is -2.59. The number of methoxy groups -OCH3 is 1. The van der Waals surface area contributed by atoms with Crippen LogP contribution in [0.3, 0.4) is 0 Å². The van der Waals surface area contributed by atoms with Crippen molar-refractivity contribution >= 4 is 0 Å². The molecular weight excluding hydrogens is 322 g/mol. The monoisotopic (exact) mass is 349 g/mol. The second-order valence-corrected chi connectivity index (χ2v) is 6.89. The first-order chi connectivity index (χ1) is 12.5. The predicted molar refractivity (Wildman–Crippen MR) is 107 cm³/mol. The number of nitrogens with zero attached hydrogens (tertiary/aromatic N) is 3. The Morgan fingerprint density at radius 2 is 1.77 bits per heavy atom. The lowest BCUT2D eigenvalue weighted by molar-refractivity contribution is 0.392. The zero-order chi connectivity index (χ0) is 18.7. The van der Waals surface area contributed by atoms with Crippen molar-refractivity contribution < 1.29 is 4.74 Å². The summed E-state index contributed by atoms with van der Waals surface area (Å²) in [5.74, 6) is 0.941. The van der Waals surface area contributed by atoms with E-state index in [4.69, 9.17) is 9.84 Å². The maximum Gasteiger partial charge on any atom is 0.122 e. The molecule has 1 aromatic heterocycles. The Labute approximate surface area is 156 Å². The summed E-state index contributed by atoms with van der Waals surface area (Å²) in [4.78, 5) is 2.19. The third-order valence-corrected chi connectivity index (χ3v) is 4.74. The number of para-hydroxylation sites is 1. The lowest BCUT2D eigenvalue weighted by atomic mass is 10.0. The number of ether oxygens (including phenoxy) is 1. The van der Waals surface area contributed by atoms with Gasteiger partial charge in [0.25, 0.3) is 0 Å². The molecule has 3 aromatic rings. The molecule has 0 atom stereocenters. The quantitative estimate of drug-likeness (QED) is 0.666. The van der Waals surface area contributed by atoms with Crippen molar-refractivity contribution in [2.75, 3.05) is 27.7 Å². The van der Waals surface area contributed by atoms with Crippen LogP contribution in [0.1, 0.15) is 16.8 Å². The summed E-state index contributed by atoms with van der Waals surface area (Å²) < 4.78 is 7.62. The third-order valence-electron chi connectivity index (χ3n) is 4.74. The zero-order valence-electron chi connectivity index (χ0n) is 16.3. The molecule has 0 saturated heterocycles. The Balaban J connectivity index is 2.10. The average molecular weight is 349 g/mol. The summed E-state index contributed by atoms with van der Waals surface area (Å²) in [6.45, 7) is 5.19. The Bertz CT molecular complexity index is 882. The number of hydrogen-bond acceptors (Lipinski definition) is 3. The normalized spacial score (nSPS) is 11.2. The summed E-state index contributed by atoms with van der Waals surface area (Å²) in [7, 11) is 5.92. The fourth-order valence-corrected chi connectivity index (χ4v) is 3.17. The predicted octanol–water partition coefficient (Wildman–Crippen LogP) is 4.27. The first-order valence-electron chi connectivity index (χ1n) is 8.95. The molecule has 4 nitrogen and oxygen atoms in total. The highest BCUT2D eigenvalue weighted by molar-refractivity contribution is 5.68. The van der Waals surface area contributed by atoms with Gasteiger partial charge < -0.3 is 9.64 Å². The van der Waals surface area contributed by atoms with Crippen LogP contribution in [0.5, 0.6) is 5.75 Å². The summed E-state index contributed by atoms with van der Waals surface area (Å²) >= 11 is 0. The molecule has 136 valence electrons. The van der Waals surface area contributed by atoms with Crippen LogP contribution >= 0.6 is 0 Å². The molecular formula is C22H27N3O. The van der Waals surface area contributed by atoms with E-state index >= 15 is 0 Å². The van der Waals surface area contributed by atoms with Gasteiger partial charge in [0.15, 0.2) is 0 Å². The minimum atomic E-state index is 0.941. The van der Waals surface area contributed by atoms with Gasteiger partial charge in [-0.15, -0.1) is 0 Å². The molecule has 2 aromatic carbocycles. The maximum absolute atomic E-state index is 5.58. The summed E-state index contributed by atoms with van der Waals surface area (Å²) in [5.41, 5.74) is 6.86. The van der Waals surface area contributed by atoms with Crippen LogP contribution < -0.4 is 4.74 Å². The molecule has 0 saturated carbocycles. The smallest absolute Gasteiger partial charge is 0.122 e. The van der Waals surface area contributed by atoms with Crippen molar-refractivity contribution in [3.8, 4) is 22.7 Å². The van der Waals surface area contributed by atoms with Crippen LogP contribution in [-0.4, -0.2) is 42.4 Å². The summed E-state index contributed by atoms with van der Waals surface area (Å²) in [6.07, 6.45) is 0.946. The second kappa shape index (κ2) is 7.75. The Morgan fingerprint density at radius 3 is 2.42 bits per heavy atom. The molecule has 0 fully saturated rings. The van der Waals surface area contributed by atoms with Crippen molar-refractivity contribution in [3.63, 3.8) is 0 Å². The lowest BCUT2D eigenvalue weighted by Crippen LogP contribution is -2.15. The Morgan fingerprint density at radius 1 is 1.04 bits per heavy atom. The van der Waals surface area contributed by atoms with E-state index < -0.39 is 0 Å². The fraction of sp³-hybridized carbons (Fsp3) is 0.318. The molecule has 0 spiro atoms. The van der Waals surface area contributed by atoms with Crippen molar-refractivity contribution in [1.82, 2.24) is 14.7 Å². The van der Waals surface area contributed by atoms with Crippen LogP contribution in [-0.2, 0) is 6.42 Å². The number of likely N-dealkylation sites (N-methyl/N-ethyl adjacent to an activating group) is 1. The van der Waals surface area contributed by atoms with Crippen molar-refractivity contribution in [3.05, 3.63) is 65.4 Å². The van der Waals surface area contributed by atoms with Crippen molar-refractivity contribution in [2.24, 2.45) is 0 Å². The van der Waals surface area contributed by atoms with Gasteiger partial charge in [0.2, 0.25) is 0 Å². The van der Waals surface area contributed by atoms with Gasteiger partial charge >= 0.3 is 0 Å². The number of aryl methyl sites for hydroxylation is 1. The molecule has 0 N–H and O–H groups in total. The van der Waals surface area contributed by atoms with Gasteiger partial charge in [0, 0.05) is 12.1 Å². The van der Waals surface area contributed by atoms with Crippen LogP contribution in [0, 0.1) is 13.8 Å².